The van der Waals surface area contributed by atoms with Crippen molar-refractivity contribution in [2.75, 3.05) is 25.5 Å². The number of carboxylic acid groups (broad SMARTS) is 1. The Morgan fingerprint density at radius 2 is 2.00 bits per heavy atom. The molecule has 1 saturated heterocycles. The normalized spacial score (nSPS) is 15.6. The Hall–Kier alpha value is -2.24. The van der Waals surface area contributed by atoms with Crippen molar-refractivity contribution in [3.8, 4) is 5.75 Å². The van der Waals surface area contributed by atoms with E-state index in [2.05, 4.69) is 12.2 Å². The van der Waals surface area contributed by atoms with E-state index in [0.29, 0.717) is 30.4 Å². The monoisotopic (exact) mass is 292 g/mol. The highest BCUT2D eigenvalue weighted by molar-refractivity contribution is 5.94. The second kappa shape index (κ2) is 6.47. The Morgan fingerprint density at radius 1 is 1.33 bits per heavy atom. The summed E-state index contributed by atoms with van der Waals surface area (Å²) in [5, 5.41) is 11.8. The van der Waals surface area contributed by atoms with Crippen molar-refractivity contribution in [1.82, 2.24) is 4.90 Å². The summed E-state index contributed by atoms with van der Waals surface area (Å²) in [6, 6.07) is 4.17. The second-order valence-electron chi connectivity index (χ2n) is 5.32. The van der Waals surface area contributed by atoms with Gasteiger partial charge in [0.05, 0.1) is 18.4 Å². The predicted molar refractivity (Wildman–Crippen MR) is 78.9 cm³/mol. The lowest BCUT2D eigenvalue weighted by atomic mass is 10.00. The molecule has 0 radical (unpaired) electrons. The van der Waals surface area contributed by atoms with E-state index in [1.54, 1.807) is 4.90 Å². The lowest BCUT2D eigenvalue weighted by molar-refractivity contribution is 0.0697. The number of nitrogens with zero attached hydrogens (tertiary/aromatic N) is 1. The number of methoxy groups -OCH3 is 1. The standard InChI is InChI=1S/C15H20N2O4/c1-10-5-7-17(8-6-10)15(20)16-12-9-11(14(18)19)3-4-13(12)21-2/h3-4,9-10H,5-8H2,1-2H3,(H,16,20)(H,18,19). The van der Waals surface area contributed by atoms with Crippen molar-refractivity contribution in [3.05, 3.63) is 23.8 Å². The summed E-state index contributed by atoms with van der Waals surface area (Å²) >= 11 is 0. The molecule has 21 heavy (non-hydrogen) atoms. The van der Waals surface area contributed by atoms with Crippen LogP contribution in [0.15, 0.2) is 18.2 Å². The first kappa shape index (κ1) is 15.2. The summed E-state index contributed by atoms with van der Waals surface area (Å²) in [7, 11) is 1.48. The molecule has 6 heteroatoms. The minimum Gasteiger partial charge on any atom is -0.495 e. The van der Waals surface area contributed by atoms with Crippen molar-refractivity contribution >= 4 is 17.7 Å². The van der Waals surface area contributed by atoms with Gasteiger partial charge in [-0.05, 0) is 37.0 Å². The Labute approximate surface area is 123 Å². The number of piperidine rings is 1. The van der Waals surface area contributed by atoms with Crippen LogP contribution in [0, 0.1) is 5.92 Å². The number of carbonyl (C=O) groups is 2. The summed E-state index contributed by atoms with van der Waals surface area (Å²) in [6.45, 7) is 3.61. The molecule has 1 aromatic carbocycles. The van der Waals surface area contributed by atoms with Crippen molar-refractivity contribution in [2.45, 2.75) is 19.8 Å². The zero-order chi connectivity index (χ0) is 15.4. The third-order valence-corrected chi connectivity index (χ3v) is 3.76. The van der Waals surface area contributed by atoms with E-state index in [1.807, 2.05) is 0 Å². The zero-order valence-corrected chi connectivity index (χ0v) is 12.3. The molecule has 6 nitrogen and oxygen atoms in total. The highest BCUT2D eigenvalue weighted by atomic mass is 16.5. The van der Waals surface area contributed by atoms with Crippen molar-refractivity contribution in [1.29, 1.82) is 0 Å². The van der Waals surface area contributed by atoms with Crippen LogP contribution in [0.5, 0.6) is 5.75 Å². The lowest BCUT2D eigenvalue weighted by Gasteiger charge is -2.30. The number of benzene rings is 1. The molecule has 1 aliphatic heterocycles. The van der Waals surface area contributed by atoms with Gasteiger partial charge in [-0.2, -0.15) is 0 Å². The van der Waals surface area contributed by atoms with Crippen molar-refractivity contribution < 1.29 is 19.4 Å². The van der Waals surface area contributed by atoms with E-state index in [4.69, 9.17) is 9.84 Å². The van der Waals surface area contributed by atoms with Gasteiger partial charge < -0.3 is 20.1 Å². The van der Waals surface area contributed by atoms with E-state index in [0.717, 1.165) is 12.8 Å². The number of anilines is 1. The Balaban J connectivity index is 2.12. The van der Waals surface area contributed by atoms with Crippen LogP contribution in [0.2, 0.25) is 0 Å². The Morgan fingerprint density at radius 3 is 2.57 bits per heavy atom. The van der Waals surface area contributed by atoms with Crippen LogP contribution in [0.1, 0.15) is 30.1 Å². The smallest absolute Gasteiger partial charge is 0.335 e. The fourth-order valence-corrected chi connectivity index (χ4v) is 2.34. The van der Waals surface area contributed by atoms with Crippen molar-refractivity contribution in [2.24, 2.45) is 5.92 Å². The highest BCUT2D eigenvalue weighted by Crippen LogP contribution is 2.26. The first-order valence-corrected chi connectivity index (χ1v) is 6.98. The van der Waals surface area contributed by atoms with E-state index < -0.39 is 5.97 Å². The number of amides is 2. The van der Waals surface area contributed by atoms with Crippen LogP contribution in [0.3, 0.4) is 0 Å². The quantitative estimate of drug-likeness (QED) is 0.897. The van der Waals surface area contributed by atoms with Crippen LogP contribution in [0.4, 0.5) is 10.5 Å². The number of nitrogens with one attached hydrogen (secondary N) is 1. The lowest BCUT2D eigenvalue weighted by Crippen LogP contribution is -2.40. The van der Waals surface area contributed by atoms with Gasteiger partial charge in [0, 0.05) is 13.1 Å². The molecular formula is C15H20N2O4. The van der Waals surface area contributed by atoms with E-state index in [9.17, 15) is 9.59 Å². The fourth-order valence-electron chi connectivity index (χ4n) is 2.34. The second-order valence-corrected chi connectivity index (χ2v) is 5.32. The number of carbonyl (C=O) groups excluding carboxylic acids is 1. The summed E-state index contributed by atoms with van der Waals surface area (Å²) < 4.78 is 5.16. The first-order valence-electron chi connectivity index (χ1n) is 6.98. The molecule has 0 bridgehead atoms. The minimum absolute atomic E-state index is 0.110. The number of hydrogen-bond donors (Lipinski definition) is 2. The summed E-state index contributed by atoms with van der Waals surface area (Å²) in [6.07, 6.45) is 1.97. The molecule has 1 fully saturated rings. The van der Waals surface area contributed by atoms with E-state index >= 15 is 0 Å². The molecule has 0 aromatic heterocycles. The SMILES string of the molecule is COc1ccc(C(=O)O)cc1NC(=O)N1CCC(C)CC1. The molecule has 0 atom stereocenters. The third kappa shape index (κ3) is 3.65. The Kier molecular flexibility index (Phi) is 4.67. The molecule has 1 heterocycles. The predicted octanol–water partition coefficient (Wildman–Crippen LogP) is 2.66. The third-order valence-electron chi connectivity index (χ3n) is 3.76. The average Bonchev–Trinajstić information content (AvgIpc) is 2.47. The molecular weight excluding hydrogens is 272 g/mol. The maximum absolute atomic E-state index is 12.2. The van der Waals surface area contributed by atoms with Gasteiger partial charge in [0.15, 0.2) is 0 Å². The number of ether oxygens (including phenoxy) is 1. The molecule has 0 spiro atoms. The molecule has 114 valence electrons. The zero-order valence-electron chi connectivity index (χ0n) is 12.3. The van der Waals surface area contributed by atoms with Crippen LogP contribution in [-0.4, -0.2) is 42.2 Å². The topological polar surface area (TPSA) is 78.9 Å². The minimum atomic E-state index is -1.04. The van der Waals surface area contributed by atoms with Gasteiger partial charge in [0.1, 0.15) is 5.75 Å². The summed E-state index contributed by atoms with van der Waals surface area (Å²) in [5.41, 5.74) is 0.486. The molecule has 2 N–H and O–H groups in total. The fraction of sp³-hybridized carbons (Fsp3) is 0.467. The molecule has 1 aliphatic rings. The Bertz CT molecular complexity index is 536. The number of rotatable bonds is 3. The first-order chi connectivity index (χ1) is 10.0. The number of likely N-dealkylation sites (tertiary alicyclic amines) is 1. The maximum Gasteiger partial charge on any atom is 0.335 e. The molecule has 0 saturated carbocycles. The van der Waals surface area contributed by atoms with Gasteiger partial charge in [-0.3, -0.25) is 0 Å². The van der Waals surface area contributed by atoms with Crippen molar-refractivity contribution in [3.63, 3.8) is 0 Å². The van der Waals surface area contributed by atoms with Gasteiger partial charge >= 0.3 is 12.0 Å². The maximum atomic E-state index is 12.2. The van der Waals surface area contributed by atoms with Crippen LogP contribution in [-0.2, 0) is 0 Å². The van der Waals surface area contributed by atoms with Crippen LogP contribution < -0.4 is 10.1 Å². The average molecular weight is 292 g/mol. The van der Waals surface area contributed by atoms with Crippen LogP contribution >= 0.6 is 0 Å². The summed E-state index contributed by atoms with van der Waals surface area (Å²) in [5.74, 6) is 0.0394. The molecule has 2 amide bonds. The van der Waals surface area contributed by atoms with E-state index in [-0.39, 0.29) is 11.6 Å². The number of carboxylic acids is 1. The van der Waals surface area contributed by atoms with E-state index in [1.165, 1.54) is 25.3 Å². The molecule has 2 rings (SSSR count). The van der Waals surface area contributed by atoms with Gasteiger partial charge in [-0.15, -0.1) is 0 Å². The molecule has 0 aliphatic carbocycles. The van der Waals surface area contributed by atoms with Gasteiger partial charge in [-0.25, -0.2) is 9.59 Å². The summed E-state index contributed by atoms with van der Waals surface area (Å²) in [4.78, 5) is 25.0. The molecule has 0 unspecified atom stereocenters. The van der Waals surface area contributed by atoms with Crippen LogP contribution in [0.25, 0.3) is 0 Å². The number of hydrogen-bond acceptors (Lipinski definition) is 3. The highest BCUT2D eigenvalue weighted by Gasteiger charge is 2.21. The molecule has 1 aromatic rings. The number of aromatic carboxylic acids is 1. The van der Waals surface area contributed by atoms with Gasteiger partial charge in [0.2, 0.25) is 0 Å². The number of urea groups is 1. The van der Waals surface area contributed by atoms with Gasteiger partial charge in [-0.1, -0.05) is 6.92 Å². The largest absolute Gasteiger partial charge is 0.495 e. The van der Waals surface area contributed by atoms with Gasteiger partial charge in [0.25, 0.3) is 0 Å².